The Kier molecular flexibility index (Phi) is 3.08. The lowest BCUT2D eigenvalue weighted by Crippen LogP contribution is -2.30. The molecule has 7 nitrogen and oxygen atoms in total. The van der Waals surface area contributed by atoms with Crippen molar-refractivity contribution in [2.24, 2.45) is 5.84 Å². The van der Waals surface area contributed by atoms with Crippen molar-refractivity contribution in [1.82, 2.24) is 5.43 Å². The zero-order valence-corrected chi connectivity index (χ0v) is 7.99. The molecular formula is C7H6ClN3O4. The summed E-state index contributed by atoms with van der Waals surface area (Å²) in [6.45, 7) is 0. The smallest absolute Gasteiger partial charge is 0.291 e. The van der Waals surface area contributed by atoms with Crippen LogP contribution in [0.1, 0.15) is 10.4 Å². The second-order valence-corrected chi connectivity index (χ2v) is 2.96. The van der Waals surface area contributed by atoms with Gasteiger partial charge >= 0.3 is 0 Å². The number of hydrogen-bond acceptors (Lipinski definition) is 5. The first kappa shape index (κ1) is 11.2. The van der Waals surface area contributed by atoms with Gasteiger partial charge in [-0.15, -0.1) is 0 Å². The number of phenolic OH excluding ortho intramolecular Hbond substituents is 1. The van der Waals surface area contributed by atoms with Crippen LogP contribution in [0.3, 0.4) is 0 Å². The van der Waals surface area contributed by atoms with Crippen LogP contribution in [0.25, 0.3) is 0 Å². The minimum absolute atomic E-state index is 0.229. The van der Waals surface area contributed by atoms with E-state index in [9.17, 15) is 20.0 Å². The summed E-state index contributed by atoms with van der Waals surface area (Å²) in [5.41, 5.74) is 1.06. The molecule has 0 fully saturated rings. The van der Waals surface area contributed by atoms with Gasteiger partial charge in [0.25, 0.3) is 11.6 Å². The van der Waals surface area contributed by atoms with Gasteiger partial charge in [-0.3, -0.25) is 20.3 Å². The molecule has 1 aromatic rings. The summed E-state index contributed by atoms with van der Waals surface area (Å²) >= 11 is 5.52. The Balaban J connectivity index is 3.31. The minimum atomic E-state index is -0.788. The van der Waals surface area contributed by atoms with Crippen molar-refractivity contribution in [1.29, 1.82) is 0 Å². The van der Waals surface area contributed by atoms with E-state index in [1.54, 1.807) is 5.43 Å². The molecule has 0 aliphatic heterocycles. The first-order valence-corrected chi connectivity index (χ1v) is 4.03. The molecule has 4 N–H and O–H groups in total. The van der Waals surface area contributed by atoms with E-state index in [4.69, 9.17) is 17.4 Å². The zero-order valence-electron chi connectivity index (χ0n) is 7.23. The maximum Gasteiger partial charge on any atom is 0.291 e. The van der Waals surface area contributed by atoms with Crippen molar-refractivity contribution in [2.45, 2.75) is 0 Å². The Labute approximate surface area is 88.6 Å². The van der Waals surface area contributed by atoms with Crippen LogP contribution in [0.15, 0.2) is 12.1 Å². The Hall–Kier alpha value is -1.86. The second kappa shape index (κ2) is 4.11. The standard InChI is InChI=1S/C7H6ClN3O4/c8-4-1-3(7(13)10-9)6(12)2-5(4)11(14)15/h1-2,12H,9H2,(H,10,13). The molecule has 0 atom stereocenters. The number of nitrogens with one attached hydrogen (secondary N) is 1. The number of halogens is 1. The van der Waals surface area contributed by atoms with Crippen LogP contribution < -0.4 is 11.3 Å². The predicted molar refractivity (Wildman–Crippen MR) is 51.4 cm³/mol. The third-order valence-electron chi connectivity index (χ3n) is 1.64. The molecule has 0 saturated heterocycles. The van der Waals surface area contributed by atoms with E-state index in [0.29, 0.717) is 0 Å². The van der Waals surface area contributed by atoms with Crippen molar-refractivity contribution >= 4 is 23.2 Å². The molecule has 0 radical (unpaired) electrons. The van der Waals surface area contributed by atoms with Crippen molar-refractivity contribution in [3.05, 3.63) is 32.8 Å². The maximum absolute atomic E-state index is 11.0. The van der Waals surface area contributed by atoms with Gasteiger partial charge in [-0.25, -0.2) is 5.84 Å². The van der Waals surface area contributed by atoms with Gasteiger partial charge in [-0.05, 0) is 6.07 Å². The fourth-order valence-electron chi connectivity index (χ4n) is 0.950. The topological polar surface area (TPSA) is 118 Å². The molecule has 0 spiro atoms. The molecule has 0 aliphatic rings. The molecule has 0 heterocycles. The highest BCUT2D eigenvalue weighted by Gasteiger charge is 2.19. The van der Waals surface area contributed by atoms with Gasteiger partial charge in [0, 0.05) is 0 Å². The van der Waals surface area contributed by atoms with E-state index in [0.717, 1.165) is 12.1 Å². The molecule has 15 heavy (non-hydrogen) atoms. The molecule has 80 valence electrons. The summed E-state index contributed by atoms with van der Waals surface area (Å²) in [6.07, 6.45) is 0. The van der Waals surface area contributed by atoms with Gasteiger partial charge in [-0.2, -0.15) is 0 Å². The number of aromatic hydroxyl groups is 1. The highest BCUT2D eigenvalue weighted by atomic mass is 35.5. The zero-order chi connectivity index (χ0) is 11.6. The van der Waals surface area contributed by atoms with Crippen molar-refractivity contribution in [3.8, 4) is 5.75 Å². The third kappa shape index (κ3) is 2.14. The number of nitrogen functional groups attached to an aromatic ring is 1. The summed E-state index contributed by atoms with van der Waals surface area (Å²) in [4.78, 5) is 20.7. The lowest BCUT2D eigenvalue weighted by atomic mass is 10.1. The summed E-state index contributed by atoms with van der Waals surface area (Å²) in [5, 5.41) is 19.4. The van der Waals surface area contributed by atoms with E-state index >= 15 is 0 Å². The van der Waals surface area contributed by atoms with Crippen LogP contribution in [0.5, 0.6) is 5.75 Å². The van der Waals surface area contributed by atoms with Crippen LogP contribution in [-0.2, 0) is 0 Å². The van der Waals surface area contributed by atoms with Gasteiger partial charge in [-0.1, -0.05) is 11.6 Å². The highest BCUT2D eigenvalue weighted by Crippen LogP contribution is 2.31. The molecule has 0 unspecified atom stereocenters. The number of hydrogen-bond donors (Lipinski definition) is 3. The molecular weight excluding hydrogens is 226 g/mol. The van der Waals surface area contributed by atoms with E-state index in [2.05, 4.69) is 0 Å². The molecule has 0 aromatic heterocycles. The fourth-order valence-corrected chi connectivity index (χ4v) is 1.18. The quantitative estimate of drug-likeness (QED) is 0.297. The number of benzene rings is 1. The summed E-state index contributed by atoms with van der Waals surface area (Å²) < 4.78 is 0. The SMILES string of the molecule is NNC(=O)c1cc(Cl)c([N+](=O)[O-])cc1O. The monoisotopic (exact) mass is 231 g/mol. The van der Waals surface area contributed by atoms with Gasteiger partial charge < -0.3 is 5.11 Å². The molecule has 0 bridgehead atoms. The van der Waals surface area contributed by atoms with Crippen LogP contribution in [-0.4, -0.2) is 15.9 Å². The summed E-state index contributed by atoms with van der Waals surface area (Å²) in [5.74, 6) is 3.48. The largest absolute Gasteiger partial charge is 0.507 e. The van der Waals surface area contributed by atoms with E-state index in [1.165, 1.54) is 0 Å². The molecule has 0 aliphatic carbocycles. The van der Waals surface area contributed by atoms with E-state index in [1.807, 2.05) is 0 Å². The molecule has 1 aromatic carbocycles. The van der Waals surface area contributed by atoms with Gasteiger partial charge in [0.15, 0.2) is 0 Å². The normalized spacial score (nSPS) is 9.73. The average molecular weight is 232 g/mol. The number of nitro groups is 1. The Morgan fingerprint density at radius 1 is 1.60 bits per heavy atom. The Morgan fingerprint density at radius 3 is 2.67 bits per heavy atom. The Morgan fingerprint density at radius 2 is 2.20 bits per heavy atom. The Bertz CT molecular complexity index is 434. The van der Waals surface area contributed by atoms with Crippen LogP contribution >= 0.6 is 11.6 Å². The number of phenols is 1. The van der Waals surface area contributed by atoms with Gasteiger partial charge in [0.1, 0.15) is 10.8 Å². The molecule has 1 amide bonds. The highest BCUT2D eigenvalue weighted by molar-refractivity contribution is 6.33. The molecule has 8 heteroatoms. The maximum atomic E-state index is 11.0. The predicted octanol–water partition coefficient (Wildman–Crippen LogP) is 0.557. The summed E-state index contributed by atoms with van der Waals surface area (Å²) in [6, 6.07) is 1.75. The number of carbonyl (C=O) groups excluding carboxylic acids is 1. The van der Waals surface area contributed by atoms with Gasteiger partial charge in [0.2, 0.25) is 0 Å². The number of nitrogens with two attached hydrogens (primary N) is 1. The summed E-state index contributed by atoms with van der Waals surface area (Å²) in [7, 11) is 0. The first-order valence-electron chi connectivity index (χ1n) is 3.65. The van der Waals surface area contributed by atoms with Gasteiger partial charge in [0.05, 0.1) is 16.6 Å². The van der Waals surface area contributed by atoms with E-state index in [-0.39, 0.29) is 10.6 Å². The average Bonchev–Trinajstić information content (AvgIpc) is 2.19. The molecule has 1 rings (SSSR count). The lowest BCUT2D eigenvalue weighted by molar-refractivity contribution is -0.384. The minimum Gasteiger partial charge on any atom is -0.507 e. The molecule has 0 saturated carbocycles. The lowest BCUT2D eigenvalue weighted by Gasteiger charge is -2.03. The van der Waals surface area contributed by atoms with Crippen molar-refractivity contribution in [3.63, 3.8) is 0 Å². The number of hydrazine groups is 1. The third-order valence-corrected chi connectivity index (χ3v) is 1.94. The number of amides is 1. The van der Waals surface area contributed by atoms with Crippen molar-refractivity contribution < 1.29 is 14.8 Å². The second-order valence-electron chi connectivity index (χ2n) is 2.55. The number of nitro benzene ring substituents is 1. The van der Waals surface area contributed by atoms with E-state index < -0.39 is 22.3 Å². The van der Waals surface area contributed by atoms with Crippen molar-refractivity contribution in [2.75, 3.05) is 0 Å². The number of rotatable bonds is 2. The fraction of sp³-hybridized carbons (Fsp3) is 0. The van der Waals surface area contributed by atoms with Crippen LogP contribution in [0.4, 0.5) is 5.69 Å². The van der Waals surface area contributed by atoms with Crippen LogP contribution in [0.2, 0.25) is 5.02 Å². The van der Waals surface area contributed by atoms with Crippen LogP contribution in [0, 0.1) is 10.1 Å². The number of carbonyl (C=O) groups is 1. The first-order chi connectivity index (χ1) is 6.97. The number of nitrogens with zero attached hydrogens (tertiary/aromatic N) is 1.